The average molecular weight is 593 g/mol. The number of hydrogen-bond donors (Lipinski definition) is 1. The standard InChI is InChI=1S/C12H20N2O4S.2HI.V/c1-8(6-5-7-14(3)11(17)18-4)12(2)9(15)13-10(16)19-12;;;/h8H,5-7H2,1-4H3,(H,13,15,16);2*1H;/q;;;+2/p-2. The molecule has 0 bridgehead atoms. The third kappa shape index (κ3) is 7.14. The van der Waals surface area contributed by atoms with Gasteiger partial charge in [0.05, 0.1) is 7.11 Å². The quantitative estimate of drug-likeness (QED) is 0.494. The molecule has 3 amide bonds. The van der Waals surface area contributed by atoms with Gasteiger partial charge in [-0.25, -0.2) is 4.79 Å². The average Bonchev–Trinajstić information content (AvgIpc) is 2.72. The van der Waals surface area contributed by atoms with Crippen LogP contribution in [0.5, 0.6) is 0 Å². The van der Waals surface area contributed by atoms with Gasteiger partial charge in [-0.3, -0.25) is 14.9 Å². The van der Waals surface area contributed by atoms with E-state index in [2.05, 4.69) is 50.0 Å². The maximum atomic E-state index is 11.8. The van der Waals surface area contributed by atoms with Crippen molar-refractivity contribution in [3.63, 3.8) is 0 Å². The summed E-state index contributed by atoms with van der Waals surface area (Å²) in [5, 5.41) is 2.03. The molecule has 0 aromatic rings. The van der Waals surface area contributed by atoms with E-state index in [1.54, 1.807) is 14.0 Å². The Morgan fingerprint density at radius 3 is 2.45 bits per heavy atom. The first-order chi connectivity index (χ1) is 10.2. The molecule has 0 aromatic carbocycles. The number of methoxy groups -OCH3 is 1. The number of imide groups is 1. The van der Waals surface area contributed by atoms with Crippen molar-refractivity contribution in [2.45, 2.75) is 31.4 Å². The second-order valence-corrected chi connectivity index (χ2v) is 18.2. The molecule has 2 atom stereocenters. The summed E-state index contributed by atoms with van der Waals surface area (Å²) in [5.74, 6) is -0.175. The van der Waals surface area contributed by atoms with Crippen LogP contribution in [-0.2, 0) is 19.0 Å². The molecule has 1 aliphatic rings. The first-order valence-corrected chi connectivity index (χ1v) is 16.3. The van der Waals surface area contributed by atoms with Crippen LogP contribution in [-0.4, -0.2) is 47.6 Å². The second kappa shape index (κ2) is 11.4. The summed E-state index contributed by atoms with van der Waals surface area (Å²) < 4.78 is 3.89. The first kappa shape index (κ1) is 22.8. The zero-order valence-electron chi connectivity index (χ0n) is 12.9. The van der Waals surface area contributed by atoms with Crippen LogP contribution < -0.4 is 5.32 Å². The van der Waals surface area contributed by atoms with E-state index in [1.807, 2.05) is 6.92 Å². The monoisotopic (exact) mass is 593 g/mol. The van der Waals surface area contributed by atoms with Crippen molar-refractivity contribution in [1.29, 1.82) is 0 Å². The van der Waals surface area contributed by atoms with Crippen molar-refractivity contribution < 1.29 is 28.6 Å². The van der Waals surface area contributed by atoms with Crippen molar-refractivity contribution in [1.82, 2.24) is 10.2 Å². The zero-order chi connectivity index (χ0) is 17.3. The van der Waals surface area contributed by atoms with E-state index in [0.29, 0.717) is 16.0 Å². The van der Waals surface area contributed by atoms with E-state index >= 15 is 0 Å². The number of ether oxygens (including phenoxy) is 1. The second-order valence-electron chi connectivity index (χ2n) is 4.95. The summed E-state index contributed by atoms with van der Waals surface area (Å²) in [6.07, 6.45) is 1.14. The molecule has 0 spiro atoms. The molecule has 1 rings (SSSR count). The Bertz CT molecular complexity index is 417. The van der Waals surface area contributed by atoms with Gasteiger partial charge in [0.1, 0.15) is 4.75 Å². The Balaban J connectivity index is 0.00000135. The predicted octanol–water partition coefficient (Wildman–Crippen LogP) is 3.61. The van der Waals surface area contributed by atoms with Crippen molar-refractivity contribution >= 4 is 69.0 Å². The van der Waals surface area contributed by atoms with Crippen LogP contribution >= 0.6 is 51.7 Å². The third-order valence-electron chi connectivity index (χ3n) is 3.53. The fourth-order valence-corrected chi connectivity index (χ4v) is 2.95. The fraction of sp³-hybridized carbons (Fsp3) is 0.750. The van der Waals surface area contributed by atoms with E-state index in [4.69, 9.17) is 0 Å². The van der Waals surface area contributed by atoms with Gasteiger partial charge in [0.25, 0.3) is 5.24 Å². The molecule has 0 aromatic heterocycles. The molecular weight excluding hydrogens is 573 g/mol. The van der Waals surface area contributed by atoms with Gasteiger partial charge >= 0.3 is 55.5 Å². The molecule has 1 N–H and O–H groups in total. The molecule has 0 aliphatic carbocycles. The minimum absolute atomic E-state index is 0.0509. The summed E-state index contributed by atoms with van der Waals surface area (Å²) in [7, 11) is 3.63. The molecule has 6 nitrogen and oxygen atoms in total. The van der Waals surface area contributed by atoms with Gasteiger partial charge < -0.3 is 9.64 Å². The number of thioether (sulfide) groups is 1. The molecule has 1 saturated heterocycles. The molecule has 2 unspecified atom stereocenters. The van der Waals surface area contributed by atoms with Crippen molar-refractivity contribution in [3.05, 3.63) is 0 Å². The number of amides is 3. The molecule has 0 radical (unpaired) electrons. The number of nitrogens with one attached hydrogen (secondary N) is 1. The zero-order valence-corrected chi connectivity index (χ0v) is 19.4. The molecule has 1 aliphatic heterocycles. The molecular formula is C12H20I2N2O4SV. The van der Waals surface area contributed by atoms with Gasteiger partial charge in [-0.2, -0.15) is 0 Å². The van der Waals surface area contributed by atoms with Gasteiger partial charge in [0, 0.05) is 13.6 Å². The number of hydrogen-bond acceptors (Lipinski definition) is 5. The van der Waals surface area contributed by atoms with E-state index in [-0.39, 0.29) is 23.2 Å². The van der Waals surface area contributed by atoms with Crippen LogP contribution in [0.2, 0.25) is 0 Å². The predicted molar refractivity (Wildman–Crippen MR) is 101 cm³/mol. The Labute approximate surface area is 164 Å². The molecule has 22 heavy (non-hydrogen) atoms. The fourth-order valence-electron chi connectivity index (χ4n) is 1.96. The Hall–Kier alpha value is 0.804. The van der Waals surface area contributed by atoms with Gasteiger partial charge in [0.15, 0.2) is 0 Å². The van der Waals surface area contributed by atoms with E-state index in [1.165, 1.54) is 12.0 Å². The Morgan fingerprint density at radius 2 is 2.05 bits per heavy atom. The normalized spacial score (nSPS) is 21.4. The van der Waals surface area contributed by atoms with Gasteiger partial charge in [0.2, 0.25) is 5.91 Å². The number of carbonyl (C=O) groups excluding carboxylic acids is 3. The van der Waals surface area contributed by atoms with Crippen LogP contribution in [0, 0.1) is 5.92 Å². The summed E-state index contributed by atoms with van der Waals surface area (Å²) in [5.41, 5.74) is 0. The number of rotatable bonds is 5. The molecule has 127 valence electrons. The summed E-state index contributed by atoms with van der Waals surface area (Å²) >= 11 is 5.79. The third-order valence-corrected chi connectivity index (χ3v) is 4.83. The van der Waals surface area contributed by atoms with Crippen LogP contribution in [0.15, 0.2) is 0 Å². The first-order valence-electron chi connectivity index (χ1n) is 6.48. The molecule has 1 heterocycles. The number of halogens is 2. The SMILES string of the molecule is COC(=O)N(C)CCCC(C)C1(C)SC(=O)NC1=O.[I][V][I]. The number of nitrogens with zero attached hydrogens (tertiary/aromatic N) is 1. The number of carbonyl (C=O) groups is 3. The van der Waals surface area contributed by atoms with Crippen LogP contribution in [0.3, 0.4) is 0 Å². The van der Waals surface area contributed by atoms with E-state index in [9.17, 15) is 14.4 Å². The van der Waals surface area contributed by atoms with Crippen LogP contribution in [0.1, 0.15) is 26.7 Å². The summed E-state index contributed by atoms with van der Waals surface area (Å²) in [6.45, 7) is 4.29. The summed E-state index contributed by atoms with van der Waals surface area (Å²) in [6, 6.07) is 0. The Kier molecular flexibility index (Phi) is 11.8. The van der Waals surface area contributed by atoms with Crippen molar-refractivity contribution in [2.24, 2.45) is 5.92 Å². The Morgan fingerprint density at radius 1 is 1.50 bits per heavy atom. The van der Waals surface area contributed by atoms with E-state index in [0.717, 1.165) is 24.6 Å². The maximum absolute atomic E-state index is 11.8. The van der Waals surface area contributed by atoms with Gasteiger partial charge in [-0.05, 0) is 37.4 Å². The topological polar surface area (TPSA) is 75.7 Å². The van der Waals surface area contributed by atoms with Crippen LogP contribution in [0.4, 0.5) is 9.59 Å². The minimum atomic E-state index is -0.707. The van der Waals surface area contributed by atoms with Gasteiger partial charge in [-0.15, -0.1) is 0 Å². The van der Waals surface area contributed by atoms with Gasteiger partial charge in [-0.1, -0.05) is 6.92 Å². The molecule has 10 heteroatoms. The van der Waals surface area contributed by atoms with Crippen molar-refractivity contribution in [3.8, 4) is 0 Å². The van der Waals surface area contributed by atoms with E-state index < -0.39 is 4.75 Å². The molecule has 0 saturated carbocycles. The molecule has 1 fully saturated rings. The van der Waals surface area contributed by atoms with Crippen LogP contribution in [0.25, 0.3) is 0 Å². The van der Waals surface area contributed by atoms with Crippen molar-refractivity contribution in [2.75, 3.05) is 20.7 Å². The summed E-state index contributed by atoms with van der Waals surface area (Å²) in [4.78, 5) is 35.7.